The van der Waals surface area contributed by atoms with Crippen molar-refractivity contribution < 1.29 is 9.53 Å². The average molecular weight is 299 g/mol. The first-order valence-electron chi connectivity index (χ1n) is 7.27. The van der Waals surface area contributed by atoms with E-state index in [1.54, 1.807) is 19.5 Å². The molecular formula is C17H21N3O2. The van der Waals surface area contributed by atoms with Gasteiger partial charge in [0.2, 0.25) is 5.91 Å². The molecule has 5 nitrogen and oxygen atoms in total. The van der Waals surface area contributed by atoms with Gasteiger partial charge in [0.15, 0.2) is 0 Å². The van der Waals surface area contributed by atoms with Gasteiger partial charge in [-0.05, 0) is 29.3 Å². The molecule has 1 aromatic carbocycles. The summed E-state index contributed by atoms with van der Waals surface area (Å²) in [6.45, 7) is 1.87. The van der Waals surface area contributed by atoms with Crippen LogP contribution < -0.4 is 15.4 Å². The van der Waals surface area contributed by atoms with E-state index in [1.165, 1.54) is 0 Å². The minimum atomic E-state index is 0.0296. The second-order valence-corrected chi connectivity index (χ2v) is 4.92. The van der Waals surface area contributed by atoms with Gasteiger partial charge < -0.3 is 15.4 Å². The van der Waals surface area contributed by atoms with Crippen LogP contribution in [0.2, 0.25) is 0 Å². The summed E-state index contributed by atoms with van der Waals surface area (Å²) in [6, 6.07) is 11.7. The fraction of sp³-hybridized carbons (Fsp3) is 0.294. The fourth-order valence-electron chi connectivity index (χ4n) is 2.01. The maximum atomic E-state index is 11.7. The van der Waals surface area contributed by atoms with E-state index in [4.69, 9.17) is 4.74 Å². The summed E-state index contributed by atoms with van der Waals surface area (Å²) in [5, 5.41) is 6.13. The monoisotopic (exact) mass is 299 g/mol. The molecule has 116 valence electrons. The van der Waals surface area contributed by atoms with Crippen LogP contribution in [0.15, 0.2) is 48.8 Å². The van der Waals surface area contributed by atoms with Crippen molar-refractivity contribution in [1.29, 1.82) is 0 Å². The maximum absolute atomic E-state index is 11.7. The number of ether oxygens (including phenoxy) is 1. The quantitative estimate of drug-likeness (QED) is 0.731. The molecular weight excluding hydrogens is 278 g/mol. The maximum Gasteiger partial charge on any atom is 0.221 e. The lowest BCUT2D eigenvalue weighted by molar-refractivity contribution is -0.121. The van der Waals surface area contributed by atoms with Gasteiger partial charge in [0, 0.05) is 38.4 Å². The molecule has 1 amide bonds. The van der Waals surface area contributed by atoms with Gasteiger partial charge in [-0.1, -0.05) is 18.2 Å². The van der Waals surface area contributed by atoms with Gasteiger partial charge in [-0.25, -0.2) is 0 Å². The second-order valence-electron chi connectivity index (χ2n) is 4.92. The number of rotatable bonds is 8. The third-order valence-corrected chi connectivity index (χ3v) is 3.20. The van der Waals surface area contributed by atoms with Crippen LogP contribution in [-0.4, -0.2) is 24.5 Å². The number of carbonyl (C=O) groups excluding carboxylic acids is 1. The van der Waals surface area contributed by atoms with E-state index in [2.05, 4.69) is 15.6 Å². The predicted molar refractivity (Wildman–Crippen MR) is 85.4 cm³/mol. The molecule has 0 unspecified atom stereocenters. The number of carbonyl (C=O) groups is 1. The summed E-state index contributed by atoms with van der Waals surface area (Å²) in [4.78, 5) is 15.7. The largest absolute Gasteiger partial charge is 0.497 e. The minimum absolute atomic E-state index is 0.0296. The normalized spacial score (nSPS) is 10.2. The van der Waals surface area contributed by atoms with Crippen molar-refractivity contribution in [3.8, 4) is 5.75 Å². The number of methoxy groups -OCH3 is 1. The Morgan fingerprint density at radius 2 is 2.05 bits per heavy atom. The van der Waals surface area contributed by atoms with E-state index in [9.17, 15) is 4.79 Å². The lowest BCUT2D eigenvalue weighted by Crippen LogP contribution is -2.27. The minimum Gasteiger partial charge on any atom is -0.497 e. The van der Waals surface area contributed by atoms with Crippen molar-refractivity contribution in [2.45, 2.75) is 19.5 Å². The molecule has 0 saturated carbocycles. The van der Waals surface area contributed by atoms with Gasteiger partial charge in [0.05, 0.1) is 7.11 Å². The predicted octanol–water partition coefficient (Wildman–Crippen LogP) is 1.89. The van der Waals surface area contributed by atoms with E-state index in [0.717, 1.165) is 16.9 Å². The Balaban J connectivity index is 1.62. The molecule has 5 heteroatoms. The third-order valence-electron chi connectivity index (χ3n) is 3.20. The summed E-state index contributed by atoms with van der Waals surface area (Å²) in [7, 11) is 1.65. The number of aromatic nitrogens is 1. The second kappa shape index (κ2) is 8.79. The molecule has 0 bridgehead atoms. The van der Waals surface area contributed by atoms with E-state index in [-0.39, 0.29) is 5.91 Å². The highest BCUT2D eigenvalue weighted by atomic mass is 16.5. The van der Waals surface area contributed by atoms with Crippen LogP contribution in [0, 0.1) is 0 Å². The topological polar surface area (TPSA) is 63.2 Å². The lowest BCUT2D eigenvalue weighted by atomic mass is 10.2. The molecule has 0 radical (unpaired) electrons. The molecule has 0 saturated heterocycles. The molecule has 2 rings (SSSR count). The molecule has 0 aliphatic carbocycles. The summed E-state index contributed by atoms with van der Waals surface area (Å²) in [5.74, 6) is 0.871. The Morgan fingerprint density at radius 3 is 2.82 bits per heavy atom. The van der Waals surface area contributed by atoms with Gasteiger partial charge in [0.1, 0.15) is 5.75 Å². The fourth-order valence-corrected chi connectivity index (χ4v) is 2.01. The number of hydrogen-bond acceptors (Lipinski definition) is 4. The van der Waals surface area contributed by atoms with Gasteiger partial charge in [-0.15, -0.1) is 0 Å². The van der Waals surface area contributed by atoms with E-state index >= 15 is 0 Å². The van der Waals surface area contributed by atoms with Crippen molar-refractivity contribution in [1.82, 2.24) is 15.6 Å². The van der Waals surface area contributed by atoms with Crippen molar-refractivity contribution >= 4 is 5.91 Å². The van der Waals surface area contributed by atoms with Crippen LogP contribution >= 0.6 is 0 Å². The number of pyridine rings is 1. The molecule has 0 fully saturated rings. The number of amides is 1. The first-order valence-corrected chi connectivity index (χ1v) is 7.27. The van der Waals surface area contributed by atoms with Crippen molar-refractivity contribution in [2.24, 2.45) is 0 Å². The Labute approximate surface area is 130 Å². The molecule has 22 heavy (non-hydrogen) atoms. The first kappa shape index (κ1) is 16.0. The Kier molecular flexibility index (Phi) is 6.39. The highest BCUT2D eigenvalue weighted by Gasteiger charge is 2.01. The first-order chi connectivity index (χ1) is 10.8. The molecule has 1 heterocycles. The van der Waals surface area contributed by atoms with Gasteiger partial charge in [0.25, 0.3) is 0 Å². The molecule has 0 aliphatic heterocycles. The van der Waals surface area contributed by atoms with Crippen LogP contribution in [0.1, 0.15) is 17.5 Å². The van der Waals surface area contributed by atoms with Crippen LogP contribution in [0.5, 0.6) is 5.75 Å². The molecule has 0 aliphatic rings. The Hall–Kier alpha value is -2.40. The summed E-state index contributed by atoms with van der Waals surface area (Å²) >= 11 is 0. The van der Waals surface area contributed by atoms with Gasteiger partial charge >= 0.3 is 0 Å². The number of nitrogens with one attached hydrogen (secondary N) is 2. The highest BCUT2D eigenvalue weighted by Crippen LogP contribution is 2.11. The number of nitrogens with zero attached hydrogens (tertiary/aromatic N) is 1. The van der Waals surface area contributed by atoms with Crippen LogP contribution in [0.3, 0.4) is 0 Å². The molecule has 0 atom stereocenters. The molecule has 1 aromatic heterocycles. The van der Waals surface area contributed by atoms with Gasteiger partial charge in [-0.2, -0.15) is 0 Å². The highest BCUT2D eigenvalue weighted by molar-refractivity contribution is 5.76. The summed E-state index contributed by atoms with van der Waals surface area (Å²) in [5.41, 5.74) is 2.13. The summed E-state index contributed by atoms with van der Waals surface area (Å²) < 4.78 is 5.18. The van der Waals surface area contributed by atoms with E-state index in [1.807, 2.05) is 36.4 Å². The van der Waals surface area contributed by atoms with E-state index < -0.39 is 0 Å². The standard InChI is InChI=1S/C17H21N3O2/c1-22-16-6-2-4-14(10-16)11-19-9-7-17(21)20-13-15-5-3-8-18-12-15/h2-6,8,10,12,19H,7,9,11,13H2,1H3,(H,20,21). The zero-order chi connectivity index (χ0) is 15.6. The molecule has 2 N–H and O–H groups in total. The van der Waals surface area contributed by atoms with Gasteiger partial charge in [-0.3, -0.25) is 9.78 Å². The zero-order valence-electron chi connectivity index (χ0n) is 12.7. The Bertz CT molecular complexity index is 587. The van der Waals surface area contributed by atoms with Crippen molar-refractivity contribution in [3.63, 3.8) is 0 Å². The van der Waals surface area contributed by atoms with Crippen molar-refractivity contribution in [2.75, 3.05) is 13.7 Å². The van der Waals surface area contributed by atoms with Crippen LogP contribution in [-0.2, 0) is 17.9 Å². The third kappa shape index (κ3) is 5.54. The van der Waals surface area contributed by atoms with E-state index in [0.29, 0.717) is 26.1 Å². The number of benzene rings is 1. The summed E-state index contributed by atoms with van der Waals surface area (Å²) in [6.07, 6.45) is 3.92. The van der Waals surface area contributed by atoms with Crippen LogP contribution in [0.4, 0.5) is 0 Å². The van der Waals surface area contributed by atoms with Crippen molar-refractivity contribution in [3.05, 3.63) is 59.9 Å². The Morgan fingerprint density at radius 1 is 1.18 bits per heavy atom. The SMILES string of the molecule is COc1cccc(CNCCC(=O)NCc2cccnc2)c1. The lowest BCUT2D eigenvalue weighted by Gasteiger charge is -2.07. The number of hydrogen-bond donors (Lipinski definition) is 2. The molecule has 2 aromatic rings. The molecule has 0 spiro atoms. The smallest absolute Gasteiger partial charge is 0.221 e. The average Bonchev–Trinajstić information content (AvgIpc) is 2.58. The van der Waals surface area contributed by atoms with Crippen LogP contribution in [0.25, 0.3) is 0 Å². The zero-order valence-corrected chi connectivity index (χ0v) is 12.7.